The zero-order valence-electron chi connectivity index (χ0n) is 37.7. The minimum Gasteiger partial charge on any atom is -0.479 e. The van der Waals surface area contributed by atoms with Gasteiger partial charge in [0, 0.05) is 18.7 Å². The molecule has 0 bridgehead atoms. The molecule has 0 aromatic heterocycles. The molecule has 398 valence electrons. The van der Waals surface area contributed by atoms with E-state index in [9.17, 15) is 84.1 Å². The van der Waals surface area contributed by atoms with Crippen LogP contribution in [-0.4, -0.2) is 236 Å². The van der Waals surface area contributed by atoms with Gasteiger partial charge < -0.3 is 110 Å². The summed E-state index contributed by atoms with van der Waals surface area (Å²) >= 11 is 0. The minimum absolute atomic E-state index is 0.0353. The number of aliphatic hydroxyl groups is 11. The van der Waals surface area contributed by atoms with Crippen molar-refractivity contribution in [3.8, 4) is 11.5 Å². The molecular weight excluding hydrogens is 981 g/mol. The first-order valence-corrected chi connectivity index (χ1v) is 23.7. The molecule has 2 amide bonds. The van der Waals surface area contributed by atoms with E-state index in [0.29, 0.717) is 0 Å². The molecule has 0 aliphatic carbocycles. The van der Waals surface area contributed by atoms with Gasteiger partial charge in [-0.2, -0.15) is 0 Å². The van der Waals surface area contributed by atoms with Crippen LogP contribution >= 0.6 is 0 Å². The van der Waals surface area contributed by atoms with Crippen LogP contribution in [0.25, 0.3) is 0 Å². The number of hydrogen-bond acceptors (Lipinski definition) is 25. The third kappa shape index (κ3) is 13.3. The number of nitrogens with one attached hydrogen (secondary N) is 4. The molecule has 0 saturated carbocycles. The largest absolute Gasteiger partial charge is 0.479 e. The molecule has 21 unspecified atom stereocenters. The Hall–Kier alpha value is -4.36. The van der Waals surface area contributed by atoms with Crippen LogP contribution in [0, 0.1) is 0 Å². The van der Waals surface area contributed by atoms with Gasteiger partial charge in [-0.05, 0) is 31.2 Å². The predicted octanol–water partition coefficient (Wildman–Crippen LogP) is -6.77. The van der Waals surface area contributed by atoms with Gasteiger partial charge in [0.15, 0.2) is 43.1 Å². The molecule has 4 aliphatic rings. The number of carboxylic acids is 1. The fourth-order valence-corrected chi connectivity index (χ4v) is 8.74. The molecule has 4 fully saturated rings. The lowest BCUT2D eigenvalue weighted by molar-refractivity contribution is -0.368. The number of aliphatic hydroxyl groups excluding tert-OH is 11. The average molecular weight is 1040 g/mol. The van der Waals surface area contributed by atoms with E-state index >= 15 is 0 Å². The lowest BCUT2D eigenvalue weighted by atomic mass is 9.94. The molecule has 16 N–H and O–H groups in total. The van der Waals surface area contributed by atoms with Crippen molar-refractivity contribution in [1.29, 1.82) is 0 Å². The monoisotopic (exact) mass is 1040 g/mol. The van der Waals surface area contributed by atoms with Crippen LogP contribution in [0.1, 0.15) is 13.8 Å². The summed E-state index contributed by atoms with van der Waals surface area (Å²) in [7, 11) is -3.83. The Morgan fingerprint density at radius 1 is 0.690 bits per heavy atom. The van der Waals surface area contributed by atoms with Crippen LogP contribution in [0.15, 0.2) is 48.5 Å². The number of carbonyl (C=O) groups excluding carboxylic acids is 2. The average Bonchev–Trinajstić information content (AvgIpc) is 3.30. The Bertz CT molecular complexity index is 2240. The van der Waals surface area contributed by atoms with Crippen LogP contribution in [0.5, 0.6) is 11.5 Å². The van der Waals surface area contributed by atoms with E-state index < -0.39 is 170 Å². The van der Waals surface area contributed by atoms with Gasteiger partial charge in [-0.3, -0.25) is 19.6 Å². The third-order valence-corrected chi connectivity index (χ3v) is 12.1. The van der Waals surface area contributed by atoms with Crippen molar-refractivity contribution in [3.05, 3.63) is 48.5 Å². The Morgan fingerprint density at radius 2 is 1.25 bits per heavy atom. The van der Waals surface area contributed by atoms with E-state index in [4.69, 9.17) is 37.9 Å². The molecule has 2 aromatic carbocycles. The fraction of sp³-hybridized carbons (Fsp3) is 0.634. The van der Waals surface area contributed by atoms with Crippen LogP contribution in [-0.2, 0) is 57.6 Å². The predicted molar refractivity (Wildman–Crippen MR) is 232 cm³/mol. The van der Waals surface area contributed by atoms with Crippen molar-refractivity contribution in [2.75, 3.05) is 29.5 Å². The van der Waals surface area contributed by atoms with Gasteiger partial charge in [0.05, 0.1) is 31.2 Å². The number of para-hydroxylation sites is 1. The maximum Gasteiger partial charge on any atom is 0.335 e. The van der Waals surface area contributed by atoms with Gasteiger partial charge in [0.1, 0.15) is 91.3 Å². The van der Waals surface area contributed by atoms with Crippen molar-refractivity contribution in [2.45, 2.75) is 143 Å². The second kappa shape index (κ2) is 23.7. The van der Waals surface area contributed by atoms with E-state index in [1.807, 2.05) is 0 Å². The summed E-state index contributed by atoms with van der Waals surface area (Å²) < 4.78 is 71.8. The number of anilines is 2. The molecule has 0 spiro atoms. The fourth-order valence-electron chi connectivity index (χ4n) is 8.18. The van der Waals surface area contributed by atoms with E-state index in [1.165, 1.54) is 25.1 Å². The number of benzene rings is 2. The molecule has 4 heterocycles. The third-order valence-electron chi connectivity index (χ3n) is 11.5. The Kier molecular flexibility index (Phi) is 18.7. The van der Waals surface area contributed by atoms with Crippen molar-refractivity contribution >= 4 is 39.2 Å². The first-order valence-electron chi connectivity index (χ1n) is 21.8. The molecule has 21 atom stereocenters. The van der Waals surface area contributed by atoms with Crippen LogP contribution in [0.3, 0.4) is 0 Å². The zero-order chi connectivity index (χ0) is 52.2. The smallest absolute Gasteiger partial charge is 0.335 e. The van der Waals surface area contributed by atoms with Crippen LogP contribution in [0.2, 0.25) is 0 Å². The van der Waals surface area contributed by atoms with Gasteiger partial charge >= 0.3 is 5.97 Å². The minimum atomic E-state index is -3.83. The van der Waals surface area contributed by atoms with E-state index in [1.54, 1.807) is 30.3 Å². The SMILES string of the molecule is CC(=O)NC1C(OC2C(C(=O)O)OC(OC3C(O)C(CO)OC(O)C3NC(C)O)C(O)C2O)OC(CO)C(O)C1OC1OC(C(=O)Nc2ccc(NS(C)(=O)=O)c(Oc3ccccc3)c2)C(O)C(O)C1O. The summed E-state index contributed by atoms with van der Waals surface area (Å²) in [5, 5.41) is 136. The van der Waals surface area contributed by atoms with E-state index in [2.05, 4.69) is 20.7 Å². The number of carboxylic acid groups (broad SMARTS) is 1. The summed E-state index contributed by atoms with van der Waals surface area (Å²) in [6, 6.07) is 8.46. The number of rotatable bonds is 18. The lowest BCUT2D eigenvalue weighted by Crippen LogP contribution is -2.70. The van der Waals surface area contributed by atoms with Crippen molar-refractivity contribution in [3.63, 3.8) is 0 Å². The van der Waals surface area contributed by atoms with Crippen LogP contribution < -0.4 is 25.4 Å². The number of ether oxygens (including phenoxy) is 8. The topological polar surface area (TPSA) is 450 Å². The molecule has 4 saturated heterocycles. The molecule has 0 radical (unpaired) electrons. The summed E-state index contributed by atoms with van der Waals surface area (Å²) in [6.45, 7) is 0.280. The summed E-state index contributed by atoms with van der Waals surface area (Å²) in [6.07, 6.45) is -37.4. The quantitative estimate of drug-likeness (QED) is 0.0617. The second-order valence-electron chi connectivity index (χ2n) is 17.0. The first kappa shape index (κ1) is 55.9. The Balaban J connectivity index is 1.23. The first-order chi connectivity index (χ1) is 33.4. The van der Waals surface area contributed by atoms with Gasteiger partial charge in [-0.25, -0.2) is 13.2 Å². The number of hydrogen-bond donors (Lipinski definition) is 16. The zero-order valence-corrected chi connectivity index (χ0v) is 38.6. The summed E-state index contributed by atoms with van der Waals surface area (Å²) in [5.41, 5.74) is -0.0959. The van der Waals surface area contributed by atoms with Gasteiger partial charge in [-0.15, -0.1) is 0 Å². The van der Waals surface area contributed by atoms with Gasteiger partial charge in [0.2, 0.25) is 15.9 Å². The summed E-state index contributed by atoms with van der Waals surface area (Å²) in [4.78, 5) is 39.2. The molecule has 30 heteroatoms. The maximum absolute atomic E-state index is 13.8. The standard InChI is InChI=1S/C41H58N4O25S/c1-14(48)42-22-31(24(50)20(12-46)64-38(22)60)66-41-30(56)28(54)33(35(70-41)37(58)59)68-39-23(43-15(2)49)32(25(51)21(13-47)65-39)67-40-29(55)26(52)27(53)34(69-40)36(57)44-16-9-10-18(45-71(3,61)62)19(11-16)63-17-7-5-4-6-8-17/h4-11,14,20-35,38-42,45-48,50-56,60H,12-13H2,1-3H3,(H,43,49)(H,44,57)(H,58,59). The maximum atomic E-state index is 13.8. The second-order valence-corrected chi connectivity index (χ2v) is 18.7. The molecule has 2 aromatic rings. The highest BCUT2D eigenvalue weighted by molar-refractivity contribution is 7.92. The molecule has 6 rings (SSSR count). The van der Waals surface area contributed by atoms with Crippen molar-refractivity contribution in [2.24, 2.45) is 0 Å². The Morgan fingerprint density at radius 3 is 1.82 bits per heavy atom. The number of amides is 2. The highest BCUT2D eigenvalue weighted by Crippen LogP contribution is 2.36. The molecule has 29 nitrogen and oxygen atoms in total. The highest BCUT2D eigenvalue weighted by atomic mass is 32.2. The Labute approximate surface area is 403 Å². The molecule has 4 aliphatic heterocycles. The summed E-state index contributed by atoms with van der Waals surface area (Å²) in [5.74, 6) is -3.77. The van der Waals surface area contributed by atoms with Gasteiger partial charge in [0.25, 0.3) is 5.91 Å². The van der Waals surface area contributed by atoms with Crippen molar-refractivity contribution in [1.82, 2.24) is 10.6 Å². The molecular formula is C41H58N4O25S. The molecule has 71 heavy (non-hydrogen) atoms. The van der Waals surface area contributed by atoms with E-state index in [0.717, 1.165) is 13.2 Å². The van der Waals surface area contributed by atoms with Crippen LogP contribution in [0.4, 0.5) is 11.4 Å². The number of sulfonamides is 1. The van der Waals surface area contributed by atoms with Gasteiger partial charge in [-0.1, -0.05) is 18.2 Å². The normalized spacial score (nSPS) is 38.1. The number of aliphatic carboxylic acids is 1. The van der Waals surface area contributed by atoms with E-state index in [-0.39, 0.29) is 22.9 Å². The lowest BCUT2D eigenvalue weighted by Gasteiger charge is -2.49. The highest BCUT2D eigenvalue weighted by Gasteiger charge is 2.57. The number of carbonyl (C=O) groups is 3. The van der Waals surface area contributed by atoms with Crippen molar-refractivity contribution < 1.29 is 122 Å².